The molecule has 6 heteroatoms. The first-order chi connectivity index (χ1) is 13.0. The molecule has 0 spiro atoms. The minimum Gasteiger partial charge on any atom is -0.368 e. The van der Waals surface area contributed by atoms with Crippen molar-refractivity contribution in [3.63, 3.8) is 0 Å². The second kappa shape index (κ2) is 6.87. The van der Waals surface area contributed by atoms with E-state index < -0.39 is 0 Å². The van der Waals surface area contributed by atoms with E-state index in [2.05, 4.69) is 41.2 Å². The third-order valence-electron chi connectivity index (χ3n) is 5.13. The van der Waals surface area contributed by atoms with Gasteiger partial charge in [-0.15, -0.1) is 0 Å². The van der Waals surface area contributed by atoms with Crippen LogP contribution in [0.15, 0.2) is 53.3 Å². The summed E-state index contributed by atoms with van der Waals surface area (Å²) in [5.74, 6) is -0.120. The number of carbonyl (C=O) groups excluding carboxylic acids is 1. The zero-order chi connectivity index (χ0) is 19.0. The van der Waals surface area contributed by atoms with Gasteiger partial charge in [-0.2, -0.15) is 5.10 Å². The van der Waals surface area contributed by atoms with E-state index in [0.717, 1.165) is 13.1 Å². The molecule has 0 saturated carbocycles. The van der Waals surface area contributed by atoms with E-state index >= 15 is 0 Å². The fourth-order valence-electron chi connectivity index (χ4n) is 3.53. The molecule has 1 fully saturated rings. The van der Waals surface area contributed by atoms with Crippen molar-refractivity contribution in [2.45, 2.75) is 6.92 Å². The van der Waals surface area contributed by atoms with Crippen molar-refractivity contribution in [1.82, 2.24) is 14.7 Å². The Morgan fingerprint density at radius 1 is 0.926 bits per heavy atom. The van der Waals surface area contributed by atoms with Crippen LogP contribution >= 0.6 is 0 Å². The van der Waals surface area contributed by atoms with E-state index in [0.29, 0.717) is 29.6 Å². The Bertz CT molecular complexity index is 1050. The molecular weight excluding hydrogens is 340 g/mol. The summed E-state index contributed by atoms with van der Waals surface area (Å²) >= 11 is 0. The topological polar surface area (TPSA) is 58.4 Å². The number of benzene rings is 2. The van der Waals surface area contributed by atoms with Crippen LogP contribution in [0.1, 0.15) is 16.1 Å². The van der Waals surface area contributed by atoms with E-state index in [1.807, 2.05) is 11.0 Å². The van der Waals surface area contributed by atoms with Gasteiger partial charge in [-0.25, -0.2) is 4.68 Å². The van der Waals surface area contributed by atoms with Crippen molar-refractivity contribution < 1.29 is 4.79 Å². The van der Waals surface area contributed by atoms with Crippen molar-refractivity contribution in [3.8, 4) is 0 Å². The lowest BCUT2D eigenvalue weighted by molar-refractivity contribution is 0.0740. The molecule has 1 aromatic heterocycles. The Labute approximate surface area is 157 Å². The van der Waals surface area contributed by atoms with E-state index in [9.17, 15) is 9.59 Å². The van der Waals surface area contributed by atoms with Gasteiger partial charge in [0.15, 0.2) is 5.69 Å². The van der Waals surface area contributed by atoms with Gasteiger partial charge in [0, 0.05) is 44.3 Å². The minimum atomic E-state index is -0.189. The highest BCUT2D eigenvalue weighted by atomic mass is 16.2. The largest absolute Gasteiger partial charge is 0.368 e. The predicted octanol–water partition coefficient (Wildman–Crippen LogP) is 2.20. The fourth-order valence-corrected chi connectivity index (χ4v) is 3.53. The SMILES string of the molecule is Cc1ccc(N2CCN(C(=O)c3nn(C)c(=O)c4ccccc34)CC2)cc1. The summed E-state index contributed by atoms with van der Waals surface area (Å²) < 4.78 is 1.25. The van der Waals surface area contributed by atoms with Crippen LogP contribution in [0.5, 0.6) is 0 Å². The number of fused-ring (bicyclic) bond motifs is 1. The zero-order valence-electron chi connectivity index (χ0n) is 15.6. The number of piperazine rings is 1. The molecule has 3 aromatic rings. The second-order valence-corrected chi connectivity index (χ2v) is 6.94. The van der Waals surface area contributed by atoms with Crippen LogP contribution in [0.4, 0.5) is 5.69 Å². The first kappa shape index (κ1) is 17.3. The quantitative estimate of drug-likeness (QED) is 0.701. The summed E-state index contributed by atoms with van der Waals surface area (Å²) in [5, 5.41) is 5.40. The van der Waals surface area contributed by atoms with Crippen molar-refractivity contribution in [1.29, 1.82) is 0 Å². The molecule has 0 unspecified atom stereocenters. The molecular formula is C21H22N4O2. The maximum atomic E-state index is 13.1. The van der Waals surface area contributed by atoms with Crippen molar-refractivity contribution >= 4 is 22.4 Å². The smallest absolute Gasteiger partial charge is 0.275 e. The Hall–Kier alpha value is -3.15. The molecule has 0 bridgehead atoms. The third kappa shape index (κ3) is 3.18. The van der Waals surface area contributed by atoms with E-state index in [1.54, 1.807) is 25.2 Å². The predicted molar refractivity (Wildman–Crippen MR) is 106 cm³/mol. The van der Waals surface area contributed by atoms with Gasteiger partial charge >= 0.3 is 0 Å². The number of hydrogen-bond acceptors (Lipinski definition) is 4. The van der Waals surface area contributed by atoms with Gasteiger partial charge in [0.05, 0.1) is 5.39 Å². The van der Waals surface area contributed by atoms with Crippen LogP contribution in [0.25, 0.3) is 10.8 Å². The molecule has 0 radical (unpaired) electrons. The standard InChI is InChI=1S/C21H22N4O2/c1-15-7-9-16(10-8-15)24-11-13-25(14-12-24)21(27)19-17-5-3-4-6-18(17)20(26)23(2)22-19/h3-10H,11-14H2,1-2H3. The van der Waals surface area contributed by atoms with Gasteiger partial charge in [-0.3, -0.25) is 9.59 Å². The number of rotatable bonds is 2. The second-order valence-electron chi connectivity index (χ2n) is 6.94. The molecule has 0 N–H and O–H groups in total. The Morgan fingerprint density at radius 2 is 1.56 bits per heavy atom. The van der Waals surface area contributed by atoms with Gasteiger partial charge in [-0.1, -0.05) is 35.9 Å². The summed E-state index contributed by atoms with van der Waals surface area (Å²) in [6, 6.07) is 15.6. The molecule has 138 valence electrons. The number of aromatic nitrogens is 2. The number of nitrogens with zero attached hydrogens (tertiary/aromatic N) is 4. The summed E-state index contributed by atoms with van der Waals surface area (Å²) in [6.07, 6.45) is 0. The normalized spacial score (nSPS) is 14.6. The Balaban J connectivity index is 1.57. The molecule has 4 rings (SSSR count). The molecule has 6 nitrogen and oxygen atoms in total. The first-order valence-electron chi connectivity index (χ1n) is 9.11. The molecule has 1 saturated heterocycles. The maximum absolute atomic E-state index is 13.1. The minimum absolute atomic E-state index is 0.120. The van der Waals surface area contributed by atoms with E-state index in [4.69, 9.17) is 0 Å². The molecule has 1 aliphatic heterocycles. The molecule has 0 aliphatic carbocycles. The van der Waals surface area contributed by atoms with Crippen LogP contribution in [0.3, 0.4) is 0 Å². The molecule has 0 atom stereocenters. The lowest BCUT2D eigenvalue weighted by Gasteiger charge is -2.36. The van der Waals surface area contributed by atoms with Crippen LogP contribution in [0, 0.1) is 6.92 Å². The lowest BCUT2D eigenvalue weighted by atomic mass is 10.1. The van der Waals surface area contributed by atoms with Crippen LogP contribution in [0.2, 0.25) is 0 Å². The summed E-state index contributed by atoms with van der Waals surface area (Å²) in [5.41, 5.74) is 2.57. The zero-order valence-corrected chi connectivity index (χ0v) is 15.6. The number of aryl methyl sites for hydroxylation is 2. The molecule has 1 amide bonds. The molecule has 2 heterocycles. The monoisotopic (exact) mass is 362 g/mol. The van der Waals surface area contributed by atoms with Gasteiger partial charge in [0.1, 0.15) is 0 Å². The number of amides is 1. The summed E-state index contributed by atoms with van der Waals surface area (Å²) in [6.45, 7) is 4.89. The van der Waals surface area contributed by atoms with E-state index in [-0.39, 0.29) is 11.5 Å². The molecule has 2 aromatic carbocycles. The third-order valence-corrected chi connectivity index (χ3v) is 5.13. The fraction of sp³-hybridized carbons (Fsp3) is 0.286. The molecule has 27 heavy (non-hydrogen) atoms. The highest BCUT2D eigenvalue weighted by molar-refractivity contribution is 6.04. The van der Waals surface area contributed by atoms with Gasteiger partial charge in [0.25, 0.3) is 11.5 Å². The van der Waals surface area contributed by atoms with Gasteiger partial charge in [-0.05, 0) is 25.1 Å². The lowest BCUT2D eigenvalue weighted by Crippen LogP contribution is -2.49. The average Bonchev–Trinajstić information content (AvgIpc) is 2.71. The highest BCUT2D eigenvalue weighted by Gasteiger charge is 2.25. The maximum Gasteiger partial charge on any atom is 0.275 e. The van der Waals surface area contributed by atoms with Crippen molar-refractivity contribution in [2.75, 3.05) is 31.1 Å². The van der Waals surface area contributed by atoms with Gasteiger partial charge in [0.2, 0.25) is 0 Å². The number of anilines is 1. The highest BCUT2D eigenvalue weighted by Crippen LogP contribution is 2.19. The van der Waals surface area contributed by atoms with Crippen LogP contribution < -0.4 is 10.5 Å². The van der Waals surface area contributed by atoms with Crippen molar-refractivity contribution in [3.05, 3.63) is 70.1 Å². The Kier molecular flexibility index (Phi) is 4.39. The molecule has 1 aliphatic rings. The summed E-state index contributed by atoms with van der Waals surface area (Å²) in [4.78, 5) is 29.5. The number of hydrogen-bond donors (Lipinski definition) is 0. The van der Waals surface area contributed by atoms with Crippen LogP contribution in [-0.4, -0.2) is 46.8 Å². The van der Waals surface area contributed by atoms with Gasteiger partial charge < -0.3 is 9.80 Å². The summed E-state index contributed by atoms with van der Waals surface area (Å²) in [7, 11) is 1.58. The number of carbonyl (C=O) groups is 1. The Morgan fingerprint density at radius 3 is 2.22 bits per heavy atom. The van der Waals surface area contributed by atoms with E-state index in [1.165, 1.54) is 15.9 Å². The van der Waals surface area contributed by atoms with Crippen LogP contribution in [-0.2, 0) is 7.05 Å². The van der Waals surface area contributed by atoms with Crippen molar-refractivity contribution in [2.24, 2.45) is 7.05 Å². The first-order valence-corrected chi connectivity index (χ1v) is 9.11. The average molecular weight is 362 g/mol.